The van der Waals surface area contributed by atoms with Crippen molar-refractivity contribution in [2.45, 2.75) is 13.5 Å². The number of allylic oxidation sites excluding steroid dienone is 3. The number of hydrogen-bond donors (Lipinski definition) is 2. The van der Waals surface area contributed by atoms with E-state index in [-0.39, 0.29) is 6.03 Å². The number of hydrogen-bond acceptors (Lipinski definition) is 3. The fourth-order valence-electron chi connectivity index (χ4n) is 1.76. The Morgan fingerprint density at radius 1 is 1.50 bits per heavy atom. The summed E-state index contributed by atoms with van der Waals surface area (Å²) in [4.78, 5) is 16.3. The van der Waals surface area contributed by atoms with Crippen molar-refractivity contribution in [3.8, 4) is 0 Å². The number of fused-ring (bicyclic) bond motifs is 1. The van der Waals surface area contributed by atoms with E-state index < -0.39 is 0 Å². The second-order valence-electron chi connectivity index (χ2n) is 4.68. The Balaban J connectivity index is 1.97. The van der Waals surface area contributed by atoms with Crippen LogP contribution in [0, 0.1) is 0 Å². The van der Waals surface area contributed by atoms with Gasteiger partial charge in [-0.25, -0.2) is 9.78 Å². The zero-order valence-electron chi connectivity index (χ0n) is 12.1. The molecule has 2 N–H and O–H groups in total. The van der Waals surface area contributed by atoms with Crippen LogP contribution < -0.4 is 10.6 Å². The fraction of sp³-hybridized carbons (Fsp3) is 0.125. The topological polar surface area (TPSA) is 54.0 Å². The molecule has 22 heavy (non-hydrogen) atoms. The standard InChI is InChI=1S/C16H16BrN3OS/c1-4-12(7-10(2)3)19-16(21)18-9-15-20-13-6-5-11(17)8-14(13)22-15/h4-8H,1-2,9H2,3H3,(H2,18,19,21)/b12-7+. The Hall–Kier alpha value is -1.92. The zero-order valence-corrected chi connectivity index (χ0v) is 14.6. The van der Waals surface area contributed by atoms with Crippen LogP contribution in [0.15, 0.2) is 59.3 Å². The van der Waals surface area contributed by atoms with Crippen LogP contribution in [0.4, 0.5) is 4.79 Å². The van der Waals surface area contributed by atoms with Crippen molar-refractivity contribution >= 4 is 43.5 Å². The van der Waals surface area contributed by atoms with Gasteiger partial charge in [-0.1, -0.05) is 34.7 Å². The maximum atomic E-state index is 11.9. The first-order valence-corrected chi connectivity index (χ1v) is 8.18. The first kappa shape index (κ1) is 16.5. The van der Waals surface area contributed by atoms with E-state index in [0.717, 1.165) is 25.3 Å². The van der Waals surface area contributed by atoms with Crippen LogP contribution in [0.25, 0.3) is 10.2 Å². The highest BCUT2D eigenvalue weighted by atomic mass is 79.9. The number of nitrogens with zero attached hydrogens (tertiary/aromatic N) is 1. The van der Waals surface area contributed by atoms with Gasteiger partial charge in [0.25, 0.3) is 0 Å². The molecule has 114 valence electrons. The maximum Gasteiger partial charge on any atom is 0.319 e. The van der Waals surface area contributed by atoms with Gasteiger partial charge in [0.2, 0.25) is 0 Å². The summed E-state index contributed by atoms with van der Waals surface area (Å²) in [5, 5.41) is 6.35. The third-order valence-corrected chi connectivity index (χ3v) is 4.19. The third kappa shape index (κ3) is 4.54. The van der Waals surface area contributed by atoms with Crippen LogP contribution in [-0.2, 0) is 6.54 Å². The molecule has 2 rings (SSSR count). The molecule has 2 amide bonds. The highest BCUT2D eigenvalue weighted by Gasteiger charge is 2.07. The smallest absolute Gasteiger partial charge is 0.319 e. The van der Waals surface area contributed by atoms with Gasteiger partial charge in [0.1, 0.15) is 5.01 Å². The van der Waals surface area contributed by atoms with Crippen LogP contribution in [-0.4, -0.2) is 11.0 Å². The molecule has 4 nitrogen and oxygen atoms in total. The third-order valence-electron chi connectivity index (χ3n) is 2.67. The molecule has 0 saturated carbocycles. The van der Waals surface area contributed by atoms with Gasteiger partial charge in [0.15, 0.2) is 0 Å². The van der Waals surface area contributed by atoms with Gasteiger partial charge in [0.05, 0.1) is 16.8 Å². The van der Waals surface area contributed by atoms with Gasteiger partial charge in [-0.15, -0.1) is 11.3 Å². The molecule has 0 spiro atoms. The second-order valence-corrected chi connectivity index (χ2v) is 6.71. The molecular weight excluding hydrogens is 362 g/mol. The van der Waals surface area contributed by atoms with E-state index in [1.807, 2.05) is 25.1 Å². The molecule has 0 aliphatic rings. The Bertz CT molecular complexity index is 764. The van der Waals surface area contributed by atoms with E-state index in [1.165, 1.54) is 0 Å². The monoisotopic (exact) mass is 377 g/mol. The summed E-state index contributed by atoms with van der Waals surface area (Å²) in [6, 6.07) is 5.62. The van der Waals surface area contributed by atoms with Gasteiger partial charge in [-0.05, 0) is 37.3 Å². The fourth-order valence-corrected chi connectivity index (χ4v) is 3.22. The SMILES string of the molecule is C=C/C(=C\C(=C)C)NC(=O)NCc1nc2ccc(Br)cc2s1. The van der Waals surface area contributed by atoms with Crippen molar-refractivity contribution in [3.63, 3.8) is 0 Å². The lowest BCUT2D eigenvalue weighted by atomic mass is 10.2. The predicted molar refractivity (Wildman–Crippen MR) is 95.8 cm³/mol. The van der Waals surface area contributed by atoms with Crippen molar-refractivity contribution < 1.29 is 4.79 Å². The van der Waals surface area contributed by atoms with E-state index >= 15 is 0 Å². The molecule has 0 fully saturated rings. The largest absolute Gasteiger partial charge is 0.331 e. The molecule has 6 heteroatoms. The number of nitrogens with one attached hydrogen (secondary N) is 2. The van der Waals surface area contributed by atoms with Gasteiger partial charge in [0, 0.05) is 10.2 Å². The number of benzene rings is 1. The summed E-state index contributed by atoms with van der Waals surface area (Å²) < 4.78 is 2.10. The Morgan fingerprint density at radius 2 is 2.27 bits per heavy atom. The molecule has 0 aliphatic heterocycles. The number of aromatic nitrogens is 1. The highest BCUT2D eigenvalue weighted by Crippen LogP contribution is 2.25. The molecule has 1 aromatic carbocycles. The molecule has 0 radical (unpaired) electrons. The number of thiazole rings is 1. The minimum Gasteiger partial charge on any atom is -0.331 e. The van der Waals surface area contributed by atoms with Crippen molar-refractivity contribution in [1.82, 2.24) is 15.6 Å². The minimum absolute atomic E-state index is 0.298. The maximum absolute atomic E-state index is 11.9. The van der Waals surface area contributed by atoms with E-state index in [0.29, 0.717) is 12.2 Å². The summed E-state index contributed by atoms with van der Waals surface area (Å²) in [6.45, 7) is 9.65. The minimum atomic E-state index is -0.298. The lowest BCUT2D eigenvalue weighted by molar-refractivity contribution is 0.243. The molecule has 0 atom stereocenters. The molecule has 0 aliphatic carbocycles. The van der Waals surface area contributed by atoms with Crippen molar-refractivity contribution in [2.75, 3.05) is 0 Å². The lowest BCUT2D eigenvalue weighted by Crippen LogP contribution is -2.34. The Kier molecular flexibility index (Phi) is 5.51. The highest BCUT2D eigenvalue weighted by molar-refractivity contribution is 9.10. The number of rotatable bonds is 5. The summed E-state index contributed by atoms with van der Waals surface area (Å²) in [7, 11) is 0. The number of halogens is 1. The molecule has 0 bridgehead atoms. The molecule has 0 unspecified atom stereocenters. The van der Waals surface area contributed by atoms with Gasteiger partial charge in [-0.2, -0.15) is 0 Å². The van der Waals surface area contributed by atoms with E-state index in [1.54, 1.807) is 23.5 Å². The zero-order chi connectivity index (χ0) is 16.1. The predicted octanol–water partition coefficient (Wildman–Crippen LogP) is 4.50. The van der Waals surface area contributed by atoms with Crippen molar-refractivity contribution in [2.24, 2.45) is 0 Å². The summed E-state index contributed by atoms with van der Waals surface area (Å²) in [5.74, 6) is 0. The Morgan fingerprint density at radius 3 is 2.95 bits per heavy atom. The Labute approximate surface area is 141 Å². The summed E-state index contributed by atoms with van der Waals surface area (Å²) >= 11 is 4.99. The van der Waals surface area contributed by atoms with Crippen LogP contribution in [0.5, 0.6) is 0 Å². The molecule has 0 saturated heterocycles. The quantitative estimate of drug-likeness (QED) is 0.753. The number of carbonyl (C=O) groups excluding carboxylic acids is 1. The second kappa shape index (κ2) is 7.38. The van der Waals surface area contributed by atoms with Crippen LogP contribution in [0.1, 0.15) is 11.9 Å². The molecule has 2 aromatic rings. The average molecular weight is 378 g/mol. The van der Waals surface area contributed by atoms with Gasteiger partial charge in [-0.3, -0.25) is 0 Å². The van der Waals surface area contributed by atoms with Crippen LogP contribution in [0.3, 0.4) is 0 Å². The van der Waals surface area contributed by atoms with Crippen molar-refractivity contribution in [1.29, 1.82) is 0 Å². The molecular formula is C16H16BrN3OS. The summed E-state index contributed by atoms with van der Waals surface area (Å²) in [6.07, 6.45) is 3.32. The first-order valence-electron chi connectivity index (χ1n) is 6.57. The van der Waals surface area contributed by atoms with Gasteiger partial charge < -0.3 is 10.6 Å². The molecule has 1 heterocycles. The van der Waals surface area contributed by atoms with Gasteiger partial charge >= 0.3 is 6.03 Å². The number of urea groups is 1. The van der Waals surface area contributed by atoms with E-state index in [9.17, 15) is 4.79 Å². The number of carbonyl (C=O) groups is 1. The molecule has 1 aromatic heterocycles. The normalized spacial score (nSPS) is 11.3. The van der Waals surface area contributed by atoms with Crippen LogP contribution >= 0.6 is 27.3 Å². The summed E-state index contributed by atoms with van der Waals surface area (Å²) in [5.41, 5.74) is 2.38. The lowest BCUT2D eigenvalue weighted by Gasteiger charge is -2.07. The van der Waals surface area contributed by atoms with Crippen LogP contribution in [0.2, 0.25) is 0 Å². The van der Waals surface area contributed by atoms with E-state index in [2.05, 4.69) is 44.7 Å². The first-order chi connectivity index (χ1) is 10.5. The average Bonchev–Trinajstić information content (AvgIpc) is 2.85. The number of amides is 2. The van der Waals surface area contributed by atoms with E-state index in [4.69, 9.17) is 0 Å². The van der Waals surface area contributed by atoms with Crippen molar-refractivity contribution in [3.05, 3.63) is 64.3 Å².